The molecule has 3 rings (SSSR count). The van der Waals surface area contributed by atoms with Gasteiger partial charge in [0, 0.05) is 5.69 Å². The second-order valence-corrected chi connectivity index (χ2v) is 4.76. The van der Waals surface area contributed by atoms with Crippen molar-refractivity contribution in [2.75, 3.05) is 11.5 Å². The lowest BCUT2D eigenvalue weighted by Crippen LogP contribution is -1.96. The van der Waals surface area contributed by atoms with Gasteiger partial charge < -0.3 is 20.9 Å². The fourth-order valence-corrected chi connectivity index (χ4v) is 1.99. The van der Waals surface area contributed by atoms with Crippen molar-refractivity contribution >= 4 is 11.4 Å². The molecule has 3 aromatic carbocycles. The molecule has 0 fully saturated rings. The van der Waals surface area contributed by atoms with E-state index in [0.717, 1.165) is 5.75 Å². The standard InChI is InChI=1S/C18H16N2O2/c19-13-9-11-15(12-10-13)22-18-16(20)7-4-8-17(18)21-14-5-2-1-3-6-14/h1-12H,19-20H2. The molecule has 0 spiro atoms. The minimum Gasteiger partial charge on any atom is -0.453 e. The van der Waals surface area contributed by atoms with E-state index in [4.69, 9.17) is 20.9 Å². The molecular formula is C18H16N2O2. The zero-order chi connectivity index (χ0) is 15.4. The second kappa shape index (κ2) is 6.10. The Labute approximate surface area is 128 Å². The minimum absolute atomic E-state index is 0.483. The number of hydrogen-bond donors (Lipinski definition) is 2. The van der Waals surface area contributed by atoms with Crippen molar-refractivity contribution in [2.45, 2.75) is 0 Å². The van der Waals surface area contributed by atoms with E-state index in [-0.39, 0.29) is 0 Å². The van der Waals surface area contributed by atoms with Crippen LogP contribution in [0.1, 0.15) is 0 Å². The maximum Gasteiger partial charge on any atom is 0.192 e. The SMILES string of the molecule is Nc1ccc(Oc2c(N)cccc2Oc2ccccc2)cc1. The summed E-state index contributed by atoms with van der Waals surface area (Å²) in [7, 11) is 0. The first kappa shape index (κ1) is 13.8. The van der Waals surface area contributed by atoms with Crippen LogP contribution < -0.4 is 20.9 Å². The van der Waals surface area contributed by atoms with Gasteiger partial charge >= 0.3 is 0 Å². The summed E-state index contributed by atoms with van der Waals surface area (Å²) in [4.78, 5) is 0. The molecule has 0 heterocycles. The Kier molecular flexibility index (Phi) is 3.83. The van der Waals surface area contributed by atoms with E-state index in [2.05, 4.69) is 0 Å². The molecule has 4 heteroatoms. The van der Waals surface area contributed by atoms with Crippen LogP contribution in [-0.4, -0.2) is 0 Å². The van der Waals surface area contributed by atoms with Gasteiger partial charge in [0.2, 0.25) is 0 Å². The average molecular weight is 292 g/mol. The fourth-order valence-electron chi connectivity index (χ4n) is 1.99. The normalized spacial score (nSPS) is 10.2. The lowest BCUT2D eigenvalue weighted by molar-refractivity contribution is 0.420. The summed E-state index contributed by atoms with van der Waals surface area (Å²) in [5.74, 6) is 2.40. The predicted molar refractivity (Wildman–Crippen MR) is 88.3 cm³/mol. The molecule has 4 N–H and O–H groups in total. The third kappa shape index (κ3) is 3.12. The Morgan fingerprint density at radius 1 is 0.591 bits per heavy atom. The molecule has 0 radical (unpaired) electrons. The molecule has 0 aromatic heterocycles. The minimum atomic E-state index is 0.483. The summed E-state index contributed by atoms with van der Waals surface area (Å²) >= 11 is 0. The van der Waals surface area contributed by atoms with Crippen LogP contribution in [0.3, 0.4) is 0 Å². The molecule has 4 nitrogen and oxygen atoms in total. The number of anilines is 2. The van der Waals surface area contributed by atoms with Crippen LogP contribution in [0.25, 0.3) is 0 Å². The monoisotopic (exact) mass is 292 g/mol. The Morgan fingerprint density at radius 2 is 1.27 bits per heavy atom. The fraction of sp³-hybridized carbons (Fsp3) is 0. The molecule has 0 saturated carbocycles. The summed E-state index contributed by atoms with van der Waals surface area (Å²) in [6, 6.07) is 22.0. The van der Waals surface area contributed by atoms with Crippen molar-refractivity contribution in [2.24, 2.45) is 0 Å². The first-order valence-electron chi connectivity index (χ1n) is 6.87. The smallest absolute Gasteiger partial charge is 0.192 e. The van der Waals surface area contributed by atoms with Gasteiger partial charge in [-0.15, -0.1) is 0 Å². The molecule has 0 saturated heterocycles. The van der Waals surface area contributed by atoms with Gasteiger partial charge in [0.25, 0.3) is 0 Å². The largest absolute Gasteiger partial charge is 0.453 e. The van der Waals surface area contributed by atoms with Crippen molar-refractivity contribution < 1.29 is 9.47 Å². The molecule has 110 valence electrons. The van der Waals surface area contributed by atoms with Gasteiger partial charge in [-0.1, -0.05) is 24.3 Å². The Bertz CT molecular complexity index is 756. The van der Waals surface area contributed by atoms with Crippen LogP contribution in [-0.2, 0) is 0 Å². The van der Waals surface area contributed by atoms with Crippen LogP contribution in [0, 0.1) is 0 Å². The molecule has 22 heavy (non-hydrogen) atoms. The van der Waals surface area contributed by atoms with Crippen molar-refractivity contribution in [1.29, 1.82) is 0 Å². The highest BCUT2D eigenvalue weighted by Crippen LogP contribution is 2.39. The van der Waals surface area contributed by atoms with Gasteiger partial charge in [0.05, 0.1) is 5.69 Å². The van der Waals surface area contributed by atoms with Crippen molar-refractivity contribution in [3.63, 3.8) is 0 Å². The number of nitrogens with two attached hydrogens (primary N) is 2. The first-order valence-corrected chi connectivity index (χ1v) is 6.87. The van der Waals surface area contributed by atoms with E-state index >= 15 is 0 Å². The van der Waals surface area contributed by atoms with Crippen LogP contribution >= 0.6 is 0 Å². The molecule has 0 atom stereocenters. The topological polar surface area (TPSA) is 70.5 Å². The maximum atomic E-state index is 6.02. The van der Waals surface area contributed by atoms with Crippen LogP contribution in [0.2, 0.25) is 0 Å². The van der Waals surface area contributed by atoms with Crippen molar-refractivity contribution in [3.05, 3.63) is 72.8 Å². The number of nitrogen functional groups attached to an aromatic ring is 2. The summed E-state index contributed by atoms with van der Waals surface area (Å²) in [5.41, 5.74) is 12.9. The number of ether oxygens (including phenoxy) is 2. The van der Waals surface area contributed by atoms with E-state index in [0.29, 0.717) is 28.6 Å². The van der Waals surface area contributed by atoms with Gasteiger partial charge in [-0.05, 0) is 48.5 Å². The van der Waals surface area contributed by atoms with E-state index < -0.39 is 0 Å². The zero-order valence-electron chi connectivity index (χ0n) is 11.9. The van der Waals surface area contributed by atoms with E-state index in [1.807, 2.05) is 42.5 Å². The summed E-state index contributed by atoms with van der Waals surface area (Å²) in [6.45, 7) is 0. The number of para-hydroxylation sites is 2. The first-order chi connectivity index (χ1) is 10.7. The van der Waals surface area contributed by atoms with Gasteiger partial charge in [0.1, 0.15) is 11.5 Å². The van der Waals surface area contributed by atoms with E-state index in [1.54, 1.807) is 30.3 Å². The van der Waals surface area contributed by atoms with E-state index in [1.165, 1.54) is 0 Å². The molecular weight excluding hydrogens is 276 g/mol. The molecule has 0 aliphatic heterocycles. The molecule has 0 aliphatic rings. The van der Waals surface area contributed by atoms with Crippen molar-refractivity contribution in [1.82, 2.24) is 0 Å². The summed E-state index contributed by atoms with van der Waals surface area (Å²) in [6.07, 6.45) is 0. The highest BCUT2D eigenvalue weighted by Gasteiger charge is 2.11. The second-order valence-electron chi connectivity index (χ2n) is 4.76. The Hall–Kier alpha value is -3.14. The summed E-state index contributed by atoms with van der Waals surface area (Å²) < 4.78 is 11.7. The summed E-state index contributed by atoms with van der Waals surface area (Å²) in [5, 5.41) is 0. The highest BCUT2D eigenvalue weighted by atomic mass is 16.5. The van der Waals surface area contributed by atoms with Crippen LogP contribution in [0.15, 0.2) is 72.8 Å². The zero-order valence-corrected chi connectivity index (χ0v) is 11.9. The third-order valence-electron chi connectivity index (χ3n) is 3.08. The molecule has 3 aromatic rings. The number of benzene rings is 3. The lowest BCUT2D eigenvalue weighted by Gasteiger charge is -2.14. The van der Waals surface area contributed by atoms with Crippen LogP contribution in [0.4, 0.5) is 11.4 Å². The molecule has 0 aliphatic carbocycles. The predicted octanol–water partition coefficient (Wildman–Crippen LogP) is 4.44. The molecule has 0 unspecified atom stereocenters. The number of hydrogen-bond acceptors (Lipinski definition) is 4. The maximum absolute atomic E-state index is 6.02. The van der Waals surface area contributed by atoms with Crippen LogP contribution in [0.5, 0.6) is 23.0 Å². The third-order valence-corrected chi connectivity index (χ3v) is 3.08. The van der Waals surface area contributed by atoms with Gasteiger partial charge in [-0.2, -0.15) is 0 Å². The van der Waals surface area contributed by atoms with Gasteiger partial charge in [-0.25, -0.2) is 0 Å². The molecule has 0 bridgehead atoms. The lowest BCUT2D eigenvalue weighted by atomic mass is 10.2. The van der Waals surface area contributed by atoms with Crippen molar-refractivity contribution in [3.8, 4) is 23.0 Å². The Morgan fingerprint density at radius 3 is 2.00 bits per heavy atom. The molecule has 0 amide bonds. The average Bonchev–Trinajstić information content (AvgIpc) is 2.54. The van der Waals surface area contributed by atoms with E-state index in [9.17, 15) is 0 Å². The van der Waals surface area contributed by atoms with Gasteiger partial charge in [0.15, 0.2) is 11.5 Å². The number of rotatable bonds is 4. The Balaban J connectivity index is 1.91. The highest BCUT2D eigenvalue weighted by molar-refractivity contribution is 5.62. The quantitative estimate of drug-likeness (QED) is 0.698. The van der Waals surface area contributed by atoms with Gasteiger partial charge in [-0.3, -0.25) is 0 Å².